The van der Waals surface area contributed by atoms with Crippen LogP contribution in [-0.2, 0) is 9.59 Å². The number of thioether (sulfide) groups is 1. The van der Waals surface area contributed by atoms with E-state index >= 15 is 0 Å². The summed E-state index contributed by atoms with van der Waals surface area (Å²) >= 11 is 1.94. The van der Waals surface area contributed by atoms with Gasteiger partial charge in [0.1, 0.15) is 12.1 Å². The number of hydrogen-bond acceptors (Lipinski definition) is 3. The van der Waals surface area contributed by atoms with Gasteiger partial charge < -0.3 is 10.2 Å². The zero-order chi connectivity index (χ0) is 15.6. The predicted octanol–water partition coefficient (Wildman–Crippen LogP) is 2.28. The molecule has 0 radical (unpaired) electrons. The summed E-state index contributed by atoms with van der Waals surface area (Å²) in [6, 6.07) is -0.638. The van der Waals surface area contributed by atoms with E-state index in [2.05, 4.69) is 19.2 Å². The van der Waals surface area contributed by atoms with Crippen LogP contribution in [0.3, 0.4) is 0 Å². The highest BCUT2D eigenvalue weighted by Crippen LogP contribution is 2.29. The van der Waals surface area contributed by atoms with E-state index in [1.165, 1.54) is 12.2 Å². The van der Waals surface area contributed by atoms with Gasteiger partial charge in [-0.25, -0.2) is 0 Å². The van der Waals surface area contributed by atoms with Gasteiger partial charge >= 0.3 is 0 Å². The van der Waals surface area contributed by atoms with Crippen molar-refractivity contribution in [3.63, 3.8) is 0 Å². The summed E-state index contributed by atoms with van der Waals surface area (Å²) in [5.41, 5.74) is 0. The number of rotatable bonds is 5. The molecule has 0 aliphatic carbocycles. The first kappa shape index (κ1) is 16.7. The van der Waals surface area contributed by atoms with Gasteiger partial charge in [0.05, 0.1) is 0 Å². The van der Waals surface area contributed by atoms with E-state index in [0.29, 0.717) is 11.2 Å². The van der Waals surface area contributed by atoms with Crippen LogP contribution in [0.25, 0.3) is 0 Å². The second-order valence-corrected chi connectivity index (χ2v) is 8.41. The minimum absolute atomic E-state index is 0.0262. The van der Waals surface area contributed by atoms with Crippen molar-refractivity contribution >= 4 is 23.6 Å². The van der Waals surface area contributed by atoms with E-state index in [4.69, 9.17) is 0 Å². The van der Waals surface area contributed by atoms with Crippen LogP contribution in [0.1, 0.15) is 47.0 Å². The molecule has 2 heterocycles. The first-order chi connectivity index (χ1) is 9.90. The molecule has 0 saturated carbocycles. The van der Waals surface area contributed by atoms with Gasteiger partial charge in [0.15, 0.2) is 0 Å². The van der Waals surface area contributed by atoms with E-state index in [-0.39, 0.29) is 29.8 Å². The number of nitrogens with one attached hydrogen (secondary N) is 1. The number of piperazine rings is 1. The lowest BCUT2D eigenvalue weighted by atomic mass is 9.93. The normalized spacial score (nSPS) is 30.4. The van der Waals surface area contributed by atoms with E-state index in [1.54, 1.807) is 0 Å². The van der Waals surface area contributed by atoms with Gasteiger partial charge in [0.2, 0.25) is 11.8 Å². The van der Waals surface area contributed by atoms with Gasteiger partial charge in [0.25, 0.3) is 0 Å². The Labute approximate surface area is 132 Å². The molecule has 5 heteroatoms. The maximum atomic E-state index is 12.8. The average molecular weight is 312 g/mol. The molecular weight excluding hydrogens is 284 g/mol. The molecule has 0 aromatic carbocycles. The highest BCUT2D eigenvalue weighted by molar-refractivity contribution is 8.00. The van der Waals surface area contributed by atoms with Gasteiger partial charge in [-0.05, 0) is 36.9 Å². The molecule has 3 atom stereocenters. The third-order valence-corrected chi connectivity index (χ3v) is 5.65. The average Bonchev–Trinajstić information content (AvgIpc) is 2.87. The molecule has 120 valence electrons. The fourth-order valence-electron chi connectivity index (χ4n) is 3.30. The van der Waals surface area contributed by atoms with Gasteiger partial charge in [-0.15, -0.1) is 0 Å². The zero-order valence-electron chi connectivity index (χ0n) is 13.6. The van der Waals surface area contributed by atoms with Crippen LogP contribution in [0.4, 0.5) is 0 Å². The van der Waals surface area contributed by atoms with Crippen molar-refractivity contribution in [1.82, 2.24) is 10.2 Å². The molecule has 21 heavy (non-hydrogen) atoms. The molecule has 2 amide bonds. The summed E-state index contributed by atoms with van der Waals surface area (Å²) in [5, 5.41) is 3.45. The SMILES string of the molecule is CC(C)CC1NC(=O)C(C(C)C)N(CC2CCCS2)C1=O. The highest BCUT2D eigenvalue weighted by Gasteiger charge is 2.42. The summed E-state index contributed by atoms with van der Waals surface area (Å²) in [6.45, 7) is 8.95. The summed E-state index contributed by atoms with van der Waals surface area (Å²) in [6.07, 6.45) is 3.12. The summed E-state index contributed by atoms with van der Waals surface area (Å²) in [7, 11) is 0. The molecule has 0 aromatic rings. The Morgan fingerprint density at radius 3 is 2.52 bits per heavy atom. The second kappa shape index (κ2) is 7.03. The van der Waals surface area contributed by atoms with Crippen LogP contribution in [0, 0.1) is 11.8 Å². The molecule has 1 N–H and O–H groups in total. The highest BCUT2D eigenvalue weighted by atomic mass is 32.2. The van der Waals surface area contributed by atoms with Crippen molar-refractivity contribution in [2.75, 3.05) is 12.3 Å². The topological polar surface area (TPSA) is 49.4 Å². The monoisotopic (exact) mass is 312 g/mol. The third kappa shape index (κ3) is 3.93. The fraction of sp³-hybridized carbons (Fsp3) is 0.875. The van der Waals surface area contributed by atoms with Gasteiger partial charge in [0, 0.05) is 11.8 Å². The Balaban J connectivity index is 2.15. The molecule has 3 unspecified atom stereocenters. The maximum Gasteiger partial charge on any atom is 0.245 e. The van der Waals surface area contributed by atoms with E-state index in [1.807, 2.05) is 30.5 Å². The fourth-order valence-corrected chi connectivity index (χ4v) is 4.57. The lowest BCUT2D eigenvalue weighted by molar-refractivity contribution is -0.151. The lowest BCUT2D eigenvalue weighted by Gasteiger charge is -2.42. The molecule has 4 nitrogen and oxygen atoms in total. The minimum atomic E-state index is -0.334. The Morgan fingerprint density at radius 2 is 2.00 bits per heavy atom. The van der Waals surface area contributed by atoms with Crippen LogP contribution in [0.2, 0.25) is 0 Å². The number of carbonyl (C=O) groups is 2. The predicted molar refractivity (Wildman–Crippen MR) is 87.2 cm³/mol. The van der Waals surface area contributed by atoms with E-state index in [9.17, 15) is 9.59 Å². The molecule has 0 aromatic heterocycles. The standard InChI is InChI=1S/C16H28N2O2S/c1-10(2)8-13-16(20)18(9-12-6-5-7-21-12)14(11(3)4)15(19)17-13/h10-14H,5-9H2,1-4H3,(H,17,19). The van der Waals surface area contributed by atoms with Gasteiger partial charge in [-0.1, -0.05) is 27.7 Å². The quantitative estimate of drug-likeness (QED) is 0.847. The van der Waals surface area contributed by atoms with Crippen molar-refractivity contribution in [2.24, 2.45) is 11.8 Å². The minimum Gasteiger partial charge on any atom is -0.342 e. The summed E-state index contributed by atoms with van der Waals surface area (Å²) in [5.74, 6) is 1.88. The number of amides is 2. The molecule has 2 saturated heterocycles. The Kier molecular flexibility index (Phi) is 5.58. The van der Waals surface area contributed by atoms with Crippen LogP contribution in [0.5, 0.6) is 0 Å². The third-order valence-electron chi connectivity index (χ3n) is 4.26. The summed E-state index contributed by atoms with van der Waals surface area (Å²) < 4.78 is 0. The smallest absolute Gasteiger partial charge is 0.245 e. The van der Waals surface area contributed by atoms with Crippen molar-refractivity contribution in [1.29, 1.82) is 0 Å². The Hall–Kier alpha value is -0.710. The molecule has 0 spiro atoms. The zero-order valence-corrected chi connectivity index (χ0v) is 14.4. The van der Waals surface area contributed by atoms with Crippen molar-refractivity contribution in [3.05, 3.63) is 0 Å². The summed E-state index contributed by atoms with van der Waals surface area (Å²) in [4.78, 5) is 27.1. The second-order valence-electron chi connectivity index (χ2n) is 7.01. The van der Waals surface area contributed by atoms with E-state index < -0.39 is 0 Å². The molecule has 0 bridgehead atoms. The van der Waals surface area contributed by atoms with Crippen LogP contribution in [0.15, 0.2) is 0 Å². The maximum absolute atomic E-state index is 12.8. The molecule has 2 rings (SSSR count). The Bertz CT molecular complexity index is 392. The van der Waals surface area contributed by atoms with E-state index in [0.717, 1.165) is 19.4 Å². The van der Waals surface area contributed by atoms with Crippen molar-refractivity contribution in [2.45, 2.75) is 64.3 Å². The Morgan fingerprint density at radius 1 is 1.29 bits per heavy atom. The first-order valence-electron chi connectivity index (χ1n) is 8.12. The molecule has 2 aliphatic heterocycles. The van der Waals surface area contributed by atoms with Crippen LogP contribution < -0.4 is 5.32 Å². The lowest BCUT2D eigenvalue weighted by Crippen LogP contribution is -2.65. The van der Waals surface area contributed by atoms with Gasteiger partial charge in [-0.2, -0.15) is 11.8 Å². The van der Waals surface area contributed by atoms with Crippen LogP contribution in [-0.4, -0.2) is 46.3 Å². The van der Waals surface area contributed by atoms with Crippen LogP contribution >= 0.6 is 11.8 Å². The largest absolute Gasteiger partial charge is 0.342 e. The van der Waals surface area contributed by atoms with Crippen molar-refractivity contribution < 1.29 is 9.59 Å². The van der Waals surface area contributed by atoms with Gasteiger partial charge in [-0.3, -0.25) is 9.59 Å². The number of nitrogens with zero attached hydrogens (tertiary/aromatic N) is 1. The molecule has 2 aliphatic rings. The number of carbonyl (C=O) groups excluding carboxylic acids is 2. The molecular formula is C16H28N2O2S. The molecule has 2 fully saturated rings. The van der Waals surface area contributed by atoms with Crippen molar-refractivity contribution in [3.8, 4) is 0 Å². The number of hydrogen-bond donors (Lipinski definition) is 1. The first-order valence-corrected chi connectivity index (χ1v) is 9.17.